The normalized spacial score (nSPS) is 12.0. The SMILES string of the molecule is C=CCOC(CN)CNc1cc(=O)c2ccccc2[nH]1.O=C(O)C(F)(F)F. The van der Waals surface area contributed by atoms with Crippen molar-refractivity contribution in [2.75, 3.05) is 25.0 Å². The van der Waals surface area contributed by atoms with Crippen molar-refractivity contribution in [1.82, 2.24) is 4.98 Å². The number of carboxylic acid groups (broad SMARTS) is 1. The van der Waals surface area contributed by atoms with E-state index < -0.39 is 12.1 Å². The number of carbonyl (C=O) groups is 1. The van der Waals surface area contributed by atoms with Crippen LogP contribution in [-0.2, 0) is 9.53 Å². The average Bonchev–Trinajstić information content (AvgIpc) is 2.62. The monoisotopic (exact) mass is 387 g/mol. The average molecular weight is 387 g/mol. The van der Waals surface area contributed by atoms with Gasteiger partial charge in [-0.25, -0.2) is 4.79 Å². The maximum Gasteiger partial charge on any atom is 0.490 e. The quantitative estimate of drug-likeness (QED) is 0.541. The molecule has 0 radical (unpaired) electrons. The number of hydrogen-bond donors (Lipinski definition) is 4. The Hall–Kier alpha value is -2.85. The number of pyridine rings is 1. The van der Waals surface area contributed by atoms with E-state index in [-0.39, 0.29) is 11.5 Å². The lowest BCUT2D eigenvalue weighted by Crippen LogP contribution is -2.31. The Balaban J connectivity index is 0.000000445. The number of benzene rings is 1. The lowest BCUT2D eigenvalue weighted by Gasteiger charge is -2.16. The van der Waals surface area contributed by atoms with Crippen LogP contribution in [0.3, 0.4) is 0 Å². The predicted octanol–water partition coefficient (Wildman–Crippen LogP) is 2.10. The van der Waals surface area contributed by atoms with Crippen LogP contribution in [0.5, 0.6) is 0 Å². The molecule has 2 rings (SSSR count). The molecule has 1 heterocycles. The fourth-order valence-electron chi connectivity index (χ4n) is 1.93. The van der Waals surface area contributed by atoms with Gasteiger partial charge in [0.15, 0.2) is 5.43 Å². The number of aliphatic carboxylic acids is 1. The Morgan fingerprint density at radius 3 is 2.59 bits per heavy atom. The molecule has 0 spiro atoms. The van der Waals surface area contributed by atoms with E-state index in [2.05, 4.69) is 16.9 Å². The van der Waals surface area contributed by atoms with E-state index in [9.17, 15) is 18.0 Å². The third kappa shape index (κ3) is 7.50. The molecular formula is C17H20F3N3O4. The summed E-state index contributed by atoms with van der Waals surface area (Å²) in [5.74, 6) is -2.10. The second-order valence-electron chi connectivity index (χ2n) is 5.26. The molecule has 0 saturated carbocycles. The first kappa shape index (κ1) is 22.2. The molecule has 1 aromatic heterocycles. The van der Waals surface area contributed by atoms with Gasteiger partial charge < -0.3 is 25.9 Å². The first-order chi connectivity index (χ1) is 12.7. The summed E-state index contributed by atoms with van der Waals surface area (Å²) in [5.41, 5.74) is 6.42. The molecule has 0 aliphatic heterocycles. The van der Waals surface area contributed by atoms with Gasteiger partial charge in [0.2, 0.25) is 0 Å². The minimum Gasteiger partial charge on any atom is -0.475 e. The van der Waals surface area contributed by atoms with E-state index in [1.165, 1.54) is 0 Å². The largest absolute Gasteiger partial charge is 0.490 e. The van der Waals surface area contributed by atoms with E-state index in [1.807, 2.05) is 18.2 Å². The Morgan fingerprint density at radius 1 is 1.41 bits per heavy atom. The summed E-state index contributed by atoms with van der Waals surface area (Å²) in [4.78, 5) is 24.0. The molecule has 10 heteroatoms. The Labute approximate surface area is 152 Å². The Kier molecular flexibility index (Phi) is 8.49. The number of aromatic amines is 1. The topological polar surface area (TPSA) is 117 Å². The fourth-order valence-corrected chi connectivity index (χ4v) is 1.93. The van der Waals surface area contributed by atoms with Crippen molar-refractivity contribution in [1.29, 1.82) is 0 Å². The molecule has 2 aromatic rings. The van der Waals surface area contributed by atoms with Gasteiger partial charge in [-0.2, -0.15) is 13.2 Å². The summed E-state index contributed by atoms with van der Waals surface area (Å²) in [6.45, 7) is 4.98. The number of carboxylic acids is 1. The molecule has 7 nitrogen and oxygen atoms in total. The minimum atomic E-state index is -5.08. The highest BCUT2D eigenvalue weighted by Crippen LogP contribution is 2.13. The smallest absolute Gasteiger partial charge is 0.475 e. The highest BCUT2D eigenvalue weighted by atomic mass is 19.4. The van der Waals surface area contributed by atoms with Crippen molar-refractivity contribution >= 4 is 22.7 Å². The standard InChI is InChI=1S/C15H19N3O2.C2HF3O2/c1-2-7-20-11(9-16)10-17-15-8-14(19)12-5-3-4-6-13(12)18-15;3-2(4,5)1(6)7/h2-6,8,11H,1,7,9-10,16H2,(H2,17,18,19);(H,6,7). The predicted molar refractivity (Wildman–Crippen MR) is 95.7 cm³/mol. The molecule has 27 heavy (non-hydrogen) atoms. The lowest BCUT2D eigenvalue weighted by molar-refractivity contribution is -0.192. The number of ether oxygens (including phenoxy) is 1. The fraction of sp³-hybridized carbons (Fsp3) is 0.294. The van der Waals surface area contributed by atoms with Crippen LogP contribution in [0.1, 0.15) is 0 Å². The van der Waals surface area contributed by atoms with Gasteiger partial charge in [0.1, 0.15) is 5.82 Å². The molecular weight excluding hydrogens is 367 g/mol. The van der Waals surface area contributed by atoms with Crippen LogP contribution < -0.4 is 16.5 Å². The molecule has 0 fully saturated rings. The number of aromatic nitrogens is 1. The van der Waals surface area contributed by atoms with Gasteiger partial charge in [0.25, 0.3) is 0 Å². The Morgan fingerprint density at radius 2 is 2.04 bits per heavy atom. The Bertz CT molecular complexity index is 821. The number of H-pyrrole nitrogens is 1. The van der Waals surface area contributed by atoms with Gasteiger partial charge in [-0.15, -0.1) is 6.58 Å². The number of anilines is 1. The van der Waals surface area contributed by atoms with Crippen LogP contribution in [-0.4, -0.2) is 48.0 Å². The number of fused-ring (bicyclic) bond motifs is 1. The van der Waals surface area contributed by atoms with Crippen molar-refractivity contribution in [2.45, 2.75) is 12.3 Å². The van der Waals surface area contributed by atoms with E-state index in [1.54, 1.807) is 18.2 Å². The second kappa shape index (κ2) is 10.3. The molecule has 0 saturated heterocycles. The van der Waals surface area contributed by atoms with E-state index in [4.69, 9.17) is 20.4 Å². The van der Waals surface area contributed by atoms with Gasteiger partial charge in [-0.05, 0) is 12.1 Å². The third-order valence-electron chi connectivity index (χ3n) is 3.21. The highest BCUT2D eigenvalue weighted by Gasteiger charge is 2.38. The first-order valence-electron chi connectivity index (χ1n) is 7.77. The van der Waals surface area contributed by atoms with Crippen molar-refractivity contribution in [3.05, 3.63) is 53.2 Å². The summed E-state index contributed by atoms with van der Waals surface area (Å²) in [7, 11) is 0. The molecule has 0 aliphatic carbocycles. The zero-order valence-electron chi connectivity index (χ0n) is 14.3. The second-order valence-corrected chi connectivity index (χ2v) is 5.26. The summed E-state index contributed by atoms with van der Waals surface area (Å²) in [5, 5.41) is 10.9. The first-order valence-corrected chi connectivity index (χ1v) is 7.77. The summed E-state index contributed by atoms with van der Waals surface area (Å²) >= 11 is 0. The number of nitrogens with one attached hydrogen (secondary N) is 2. The number of nitrogens with two attached hydrogens (primary N) is 1. The van der Waals surface area contributed by atoms with E-state index in [0.717, 1.165) is 5.52 Å². The van der Waals surface area contributed by atoms with Gasteiger partial charge in [-0.3, -0.25) is 4.79 Å². The van der Waals surface area contributed by atoms with Crippen LogP contribution >= 0.6 is 0 Å². The zero-order chi connectivity index (χ0) is 20.4. The molecule has 148 valence electrons. The maximum absolute atomic E-state index is 12.0. The third-order valence-corrected chi connectivity index (χ3v) is 3.21. The molecule has 0 bridgehead atoms. The number of hydrogen-bond acceptors (Lipinski definition) is 5. The van der Waals surface area contributed by atoms with Gasteiger partial charge >= 0.3 is 12.1 Å². The van der Waals surface area contributed by atoms with E-state index in [0.29, 0.717) is 30.9 Å². The highest BCUT2D eigenvalue weighted by molar-refractivity contribution is 5.79. The summed E-state index contributed by atoms with van der Waals surface area (Å²) < 4.78 is 37.2. The van der Waals surface area contributed by atoms with Crippen molar-refractivity contribution in [2.24, 2.45) is 5.73 Å². The van der Waals surface area contributed by atoms with Crippen molar-refractivity contribution in [3.8, 4) is 0 Å². The molecule has 0 amide bonds. The summed E-state index contributed by atoms with van der Waals surface area (Å²) in [6, 6.07) is 8.95. The van der Waals surface area contributed by atoms with Crippen LogP contribution in [0, 0.1) is 0 Å². The molecule has 1 unspecified atom stereocenters. The van der Waals surface area contributed by atoms with Crippen LogP contribution in [0.15, 0.2) is 47.8 Å². The van der Waals surface area contributed by atoms with Crippen molar-refractivity contribution < 1.29 is 27.8 Å². The van der Waals surface area contributed by atoms with Crippen LogP contribution in [0.25, 0.3) is 10.9 Å². The van der Waals surface area contributed by atoms with Gasteiger partial charge in [0.05, 0.1) is 18.2 Å². The van der Waals surface area contributed by atoms with Crippen LogP contribution in [0.4, 0.5) is 19.0 Å². The lowest BCUT2D eigenvalue weighted by atomic mass is 10.2. The van der Waals surface area contributed by atoms with Crippen LogP contribution in [0.2, 0.25) is 0 Å². The number of para-hydroxylation sites is 1. The number of halogens is 3. The number of rotatable bonds is 7. The van der Waals surface area contributed by atoms with Crippen molar-refractivity contribution in [3.63, 3.8) is 0 Å². The zero-order valence-corrected chi connectivity index (χ0v) is 14.3. The molecule has 5 N–H and O–H groups in total. The summed E-state index contributed by atoms with van der Waals surface area (Å²) in [6.07, 6.45) is -3.52. The maximum atomic E-state index is 12.0. The molecule has 1 atom stereocenters. The number of alkyl halides is 3. The van der Waals surface area contributed by atoms with Gasteiger partial charge in [-0.1, -0.05) is 18.2 Å². The van der Waals surface area contributed by atoms with Gasteiger partial charge in [0, 0.05) is 24.5 Å². The molecule has 0 aliphatic rings. The molecule has 1 aromatic carbocycles. The van der Waals surface area contributed by atoms with E-state index >= 15 is 0 Å². The minimum absolute atomic E-state index is 0.0156.